The van der Waals surface area contributed by atoms with Crippen LogP contribution in [0, 0.1) is 11.8 Å². The minimum Gasteiger partial charge on any atom is -0.508 e. The Kier molecular flexibility index (Phi) is 11.1. The van der Waals surface area contributed by atoms with Crippen LogP contribution in [-0.2, 0) is 32.0 Å². The highest BCUT2D eigenvalue weighted by Crippen LogP contribution is 2.13. The Morgan fingerprint density at radius 1 is 0.806 bits per heavy atom. The average Bonchev–Trinajstić information content (AvgIpc) is 2.82. The Morgan fingerprint density at radius 3 is 1.97 bits per heavy atom. The van der Waals surface area contributed by atoms with Crippen LogP contribution in [0.1, 0.15) is 45.2 Å². The summed E-state index contributed by atoms with van der Waals surface area (Å²) in [5.74, 6) is -1.29. The maximum absolute atomic E-state index is 13.3. The Morgan fingerprint density at radius 2 is 1.42 bits per heavy atom. The molecule has 0 aliphatic heterocycles. The number of benzene rings is 2. The number of carbonyl (C=O) groups is 4. The van der Waals surface area contributed by atoms with Crippen molar-refractivity contribution in [2.24, 2.45) is 11.8 Å². The van der Waals surface area contributed by atoms with E-state index in [0.717, 1.165) is 11.1 Å². The van der Waals surface area contributed by atoms with Crippen molar-refractivity contribution >= 4 is 24.0 Å². The van der Waals surface area contributed by atoms with E-state index in [-0.39, 0.29) is 36.3 Å². The first-order valence-electron chi connectivity index (χ1n) is 12.3. The van der Waals surface area contributed by atoms with Crippen LogP contribution in [0.2, 0.25) is 0 Å². The third kappa shape index (κ3) is 9.52. The number of aromatic hydroxyl groups is 1. The molecule has 0 bridgehead atoms. The molecule has 2 rings (SSSR count). The molecule has 3 unspecified atom stereocenters. The molecule has 36 heavy (non-hydrogen) atoms. The van der Waals surface area contributed by atoms with Crippen molar-refractivity contribution in [1.29, 1.82) is 0 Å². The Bertz CT molecular complexity index is 1010. The summed E-state index contributed by atoms with van der Waals surface area (Å²) in [7, 11) is 0. The first kappa shape index (κ1) is 28.6. The summed E-state index contributed by atoms with van der Waals surface area (Å²) < 4.78 is 0. The number of aldehydes is 1. The van der Waals surface area contributed by atoms with Gasteiger partial charge in [-0.05, 0) is 41.5 Å². The molecule has 0 spiro atoms. The zero-order chi connectivity index (χ0) is 26.7. The van der Waals surface area contributed by atoms with Gasteiger partial charge in [-0.3, -0.25) is 14.4 Å². The predicted octanol–water partition coefficient (Wildman–Crippen LogP) is 2.53. The highest BCUT2D eigenvalue weighted by atomic mass is 16.3. The van der Waals surface area contributed by atoms with Crippen molar-refractivity contribution in [3.05, 3.63) is 65.7 Å². The smallest absolute Gasteiger partial charge is 0.243 e. The van der Waals surface area contributed by atoms with E-state index in [1.807, 2.05) is 44.2 Å². The zero-order valence-corrected chi connectivity index (χ0v) is 21.4. The van der Waals surface area contributed by atoms with Gasteiger partial charge in [-0.2, -0.15) is 0 Å². The standard InChI is InChI=1S/C28H37N3O5/c1-18(2)14-25(34)30-24(16-21-10-12-23(33)13-11-21)27(35)31-26(19(3)4)28(36)29-22(17-32)15-20-8-6-5-7-9-20/h5-13,17-19,22,24,26,33H,14-16H2,1-4H3,(H,29,36)(H,30,34)(H,31,35). The molecule has 3 amide bonds. The van der Waals surface area contributed by atoms with Gasteiger partial charge in [0.15, 0.2) is 0 Å². The summed E-state index contributed by atoms with van der Waals surface area (Å²) in [6, 6.07) is 13.2. The summed E-state index contributed by atoms with van der Waals surface area (Å²) in [5, 5.41) is 17.8. The maximum Gasteiger partial charge on any atom is 0.243 e. The molecule has 0 aromatic heterocycles. The molecule has 0 fully saturated rings. The van der Waals surface area contributed by atoms with Gasteiger partial charge in [0, 0.05) is 12.8 Å². The van der Waals surface area contributed by atoms with Gasteiger partial charge in [0.25, 0.3) is 0 Å². The number of amides is 3. The number of phenolic OH excluding ortho intramolecular Hbond substituents is 1. The molecule has 0 saturated carbocycles. The van der Waals surface area contributed by atoms with Crippen LogP contribution in [0.5, 0.6) is 5.75 Å². The first-order valence-corrected chi connectivity index (χ1v) is 12.3. The molecule has 8 nitrogen and oxygen atoms in total. The third-order valence-corrected chi connectivity index (χ3v) is 5.66. The van der Waals surface area contributed by atoms with Crippen molar-refractivity contribution in [1.82, 2.24) is 16.0 Å². The largest absolute Gasteiger partial charge is 0.508 e. The number of rotatable bonds is 13. The highest BCUT2D eigenvalue weighted by molar-refractivity contribution is 5.93. The van der Waals surface area contributed by atoms with E-state index in [1.54, 1.807) is 26.0 Å². The van der Waals surface area contributed by atoms with Gasteiger partial charge in [0.1, 0.15) is 24.1 Å². The van der Waals surface area contributed by atoms with Crippen LogP contribution < -0.4 is 16.0 Å². The lowest BCUT2D eigenvalue weighted by molar-refractivity contribution is -0.133. The van der Waals surface area contributed by atoms with Crippen molar-refractivity contribution in [2.45, 2.75) is 65.1 Å². The van der Waals surface area contributed by atoms with Crippen LogP contribution in [0.3, 0.4) is 0 Å². The summed E-state index contributed by atoms with van der Waals surface area (Å²) >= 11 is 0. The molecule has 0 aliphatic carbocycles. The molecule has 2 aromatic rings. The normalized spacial score (nSPS) is 13.5. The molecule has 0 saturated heterocycles. The average molecular weight is 496 g/mol. The molecule has 3 atom stereocenters. The monoisotopic (exact) mass is 495 g/mol. The Labute approximate surface area is 212 Å². The quantitative estimate of drug-likeness (QED) is 0.318. The Balaban J connectivity index is 2.14. The minimum atomic E-state index is -0.916. The summed E-state index contributed by atoms with van der Waals surface area (Å²) in [4.78, 5) is 50.5. The van der Waals surface area contributed by atoms with Gasteiger partial charge < -0.3 is 25.9 Å². The third-order valence-electron chi connectivity index (χ3n) is 5.66. The fraction of sp³-hybridized carbons (Fsp3) is 0.429. The SMILES string of the molecule is CC(C)CC(=O)NC(Cc1ccc(O)cc1)C(=O)NC(C(=O)NC(C=O)Cc1ccccc1)C(C)C. The zero-order valence-electron chi connectivity index (χ0n) is 21.4. The first-order chi connectivity index (χ1) is 17.1. The maximum atomic E-state index is 13.3. The summed E-state index contributed by atoms with van der Waals surface area (Å²) in [6.07, 6.45) is 1.47. The lowest BCUT2D eigenvalue weighted by atomic mass is 9.99. The van der Waals surface area contributed by atoms with Crippen LogP contribution in [-0.4, -0.2) is 47.2 Å². The highest BCUT2D eigenvalue weighted by Gasteiger charge is 2.30. The predicted molar refractivity (Wildman–Crippen MR) is 138 cm³/mol. The second-order valence-electron chi connectivity index (χ2n) is 9.76. The Hall–Kier alpha value is -3.68. The number of hydrogen-bond donors (Lipinski definition) is 4. The number of nitrogens with one attached hydrogen (secondary N) is 3. The number of hydrogen-bond acceptors (Lipinski definition) is 5. The molecule has 2 aromatic carbocycles. The van der Waals surface area contributed by atoms with Crippen LogP contribution >= 0.6 is 0 Å². The van der Waals surface area contributed by atoms with Crippen LogP contribution in [0.15, 0.2) is 54.6 Å². The molecule has 0 aliphatic rings. The topological polar surface area (TPSA) is 125 Å². The van der Waals surface area contributed by atoms with Gasteiger partial charge in [-0.1, -0.05) is 70.2 Å². The molecule has 0 radical (unpaired) electrons. The second-order valence-corrected chi connectivity index (χ2v) is 9.76. The summed E-state index contributed by atoms with van der Waals surface area (Å²) in [6.45, 7) is 7.41. The van der Waals surface area contributed by atoms with Crippen molar-refractivity contribution < 1.29 is 24.3 Å². The molecule has 0 heterocycles. The van der Waals surface area contributed by atoms with Crippen LogP contribution in [0.4, 0.5) is 0 Å². The number of phenols is 1. The fourth-order valence-electron chi connectivity index (χ4n) is 3.76. The van der Waals surface area contributed by atoms with E-state index < -0.39 is 29.9 Å². The number of carbonyl (C=O) groups excluding carboxylic acids is 4. The van der Waals surface area contributed by atoms with Gasteiger partial charge in [-0.15, -0.1) is 0 Å². The molecule has 8 heteroatoms. The van der Waals surface area contributed by atoms with Crippen molar-refractivity contribution in [3.8, 4) is 5.75 Å². The molecular formula is C28H37N3O5. The van der Waals surface area contributed by atoms with E-state index >= 15 is 0 Å². The van der Waals surface area contributed by atoms with E-state index in [0.29, 0.717) is 12.7 Å². The molecular weight excluding hydrogens is 458 g/mol. The fourth-order valence-corrected chi connectivity index (χ4v) is 3.76. The second kappa shape index (κ2) is 14.0. The minimum absolute atomic E-state index is 0.0976. The van der Waals surface area contributed by atoms with E-state index in [9.17, 15) is 24.3 Å². The lowest BCUT2D eigenvalue weighted by Gasteiger charge is -2.26. The van der Waals surface area contributed by atoms with Gasteiger partial charge in [0.05, 0.1) is 6.04 Å². The summed E-state index contributed by atoms with van der Waals surface area (Å²) in [5.41, 5.74) is 1.65. The van der Waals surface area contributed by atoms with Gasteiger partial charge in [0.2, 0.25) is 17.7 Å². The van der Waals surface area contributed by atoms with Crippen LogP contribution in [0.25, 0.3) is 0 Å². The molecule has 194 valence electrons. The van der Waals surface area contributed by atoms with Gasteiger partial charge in [-0.25, -0.2) is 0 Å². The van der Waals surface area contributed by atoms with E-state index in [2.05, 4.69) is 16.0 Å². The lowest BCUT2D eigenvalue weighted by Crippen LogP contribution is -2.57. The van der Waals surface area contributed by atoms with Crippen molar-refractivity contribution in [2.75, 3.05) is 0 Å². The van der Waals surface area contributed by atoms with Crippen molar-refractivity contribution in [3.63, 3.8) is 0 Å². The van der Waals surface area contributed by atoms with Gasteiger partial charge >= 0.3 is 0 Å². The molecule has 4 N–H and O–H groups in total. The van der Waals surface area contributed by atoms with E-state index in [4.69, 9.17) is 0 Å². The van der Waals surface area contributed by atoms with E-state index in [1.165, 1.54) is 12.1 Å².